The van der Waals surface area contributed by atoms with E-state index in [1.54, 1.807) is 4.90 Å². The van der Waals surface area contributed by atoms with Gasteiger partial charge in [0.25, 0.3) is 5.91 Å². The number of carbonyl (C=O) groups is 1. The minimum absolute atomic E-state index is 0. The van der Waals surface area contributed by atoms with Crippen LogP contribution >= 0.6 is 23.7 Å². The van der Waals surface area contributed by atoms with E-state index in [9.17, 15) is 4.79 Å². The number of nitrogens with two attached hydrogens (primary N) is 1. The van der Waals surface area contributed by atoms with Crippen LogP contribution in [-0.4, -0.2) is 35.9 Å². The molecule has 114 valence electrons. The van der Waals surface area contributed by atoms with Gasteiger partial charge in [0, 0.05) is 25.4 Å². The van der Waals surface area contributed by atoms with Crippen LogP contribution in [0.4, 0.5) is 0 Å². The Hall–Kier alpha value is -1.43. The van der Waals surface area contributed by atoms with Crippen molar-refractivity contribution in [2.75, 3.05) is 20.1 Å². The molecule has 0 fully saturated rings. The lowest BCUT2D eigenvalue weighted by Gasteiger charge is -2.15. The SMILES string of the molecule is CN(CCc1ccccc1)C(=O)c1csc(CCN)n1.Cl. The summed E-state index contributed by atoms with van der Waals surface area (Å²) >= 11 is 1.50. The molecule has 0 saturated heterocycles. The molecule has 4 nitrogen and oxygen atoms in total. The summed E-state index contributed by atoms with van der Waals surface area (Å²) in [4.78, 5) is 18.3. The van der Waals surface area contributed by atoms with Crippen LogP contribution in [0.5, 0.6) is 0 Å². The number of aromatic nitrogens is 1. The average Bonchev–Trinajstić information content (AvgIpc) is 2.94. The fourth-order valence-corrected chi connectivity index (χ4v) is 2.67. The van der Waals surface area contributed by atoms with E-state index < -0.39 is 0 Å². The zero-order chi connectivity index (χ0) is 14.4. The largest absolute Gasteiger partial charge is 0.340 e. The van der Waals surface area contributed by atoms with Gasteiger partial charge < -0.3 is 10.6 Å². The molecule has 0 spiro atoms. The Morgan fingerprint density at radius 2 is 2.00 bits per heavy atom. The molecule has 0 aliphatic carbocycles. The number of hydrogen-bond acceptors (Lipinski definition) is 4. The predicted octanol–water partition coefficient (Wildman–Crippen LogP) is 2.38. The van der Waals surface area contributed by atoms with Gasteiger partial charge in [-0.25, -0.2) is 4.98 Å². The van der Waals surface area contributed by atoms with Crippen LogP contribution in [0, 0.1) is 0 Å². The van der Waals surface area contributed by atoms with Crippen LogP contribution in [0.3, 0.4) is 0 Å². The van der Waals surface area contributed by atoms with Gasteiger partial charge in [0.15, 0.2) is 0 Å². The Morgan fingerprint density at radius 3 is 2.67 bits per heavy atom. The molecule has 2 aromatic rings. The highest BCUT2D eigenvalue weighted by molar-refractivity contribution is 7.09. The summed E-state index contributed by atoms with van der Waals surface area (Å²) in [5, 5.41) is 2.74. The topological polar surface area (TPSA) is 59.2 Å². The molecule has 0 bridgehead atoms. The monoisotopic (exact) mass is 325 g/mol. The summed E-state index contributed by atoms with van der Waals surface area (Å²) in [6.07, 6.45) is 1.58. The fraction of sp³-hybridized carbons (Fsp3) is 0.333. The minimum atomic E-state index is -0.0274. The quantitative estimate of drug-likeness (QED) is 0.887. The molecule has 1 heterocycles. The van der Waals surface area contributed by atoms with Crippen LogP contribution in [-0.2, 0) is 12.8 Å². The van der Waals surface area contributed by atoms with E-state index in [4.69, 9.17) is 5.73 Å². The maximum Gasteiger partial charge on any atom is 0.273 e. The number of nitrogens with zero attached hydrogens (tertiary/aromatic N) is 2. The Labute approximate surface area is 135 Å². The average molecular weight is 326 g/mol. The second kappa shape index (κ2) is 8.77. The number of carbonyl (C=O) groups excluding carboxylic acids is 1. The summed E-state index contributed by atoms with van der Waals surface area (Å²) < 4.78 is 0. The third-order valence-electron chi connectivity index (χ3n) is 3.05. The van der Waals surface area contributed by atoms with Crippen molar-refractivity contribution in [2.45, 2.75) is 12.8 Å². The van der Waals surface area contributed by atoms with Crippen molar-refractivity contribution < 1.29 is 4.79 Å². The van der Waals surface area contributed by atoms with Gasteiger partial charge in [-0.05, 0) is 18.5 Å². The maximum atomic E-state index is 12.2. The predicted molar refractivity (Wildman–Crippen MR) is 89.2 cm³/mol. The van der Waals surface area contributed by atoms with Crippen molar-refractivity contribution in [1.29, 1.82) is 0 Å². The minimum Gasteiger partial charge on any atom is -0.340 e. The number of likely N-dealkylation sites (N-methyl/N-ethyl adjacent to an activating group) is 1. The third-order valence-corrected chi connectivity index (χ3v) is 3.96. The van der Waals surface area contributed by atoms with Gasteiger partial charge in [-0.2, -0.15) is 0 Å². The Kier molecular flexibility index (Phi) is 7.36. The lowest BCUT2D eigenvalue weighted by Crippen LogP contribution is -2.29. The first-order chi connectivity index (χ1) is 9.70. The molecule has 0 atom stereocenters. The molecule has 0 aliphatic rings. The fourth-order valence-electron chi connectivity index (χ4n) is 1.89. The van der Waals surface area contributed by atoms with E-state index in [-0.39, 0.29) is 18.3 Å². The van der Waals surface area contributed by atoms with E-state index in [1.165, 1.54) is 16.9 Å². The van der Waals surface area contributed by atoms with Crippen molar-refractivity contribution in [3.63, 3.8) is 0 Å². The zero-order valence-electron chi connectivity index (χ0n) is 12.0. The molecule has 0 saturated carbocycles. The summed E-state index contributed by atoms with van der Waals surface area (Å²) in [7, 11) is 1.81. The van der Waals surface area contributed by atoms with Gasteiger partial charge in [0.1, 0.15) is 5.69 Å². The van der Waals surface area contributed by atoms with Gasteiger partial charge in [-0.1, -0.05) is 30.3 Å². The van der Waals surface area contributed by atoms with Gasteiger partial charge in [0.2, 0.25) is 0 Å². The molecule has 6 heteroatoms. The summed E-state index contributed by atoms with van der Waals surface area (Å²) in [5.74, 6) is -0.0274. The number of amides is 1. The molecule has 0 radical (unpaired) electrons. The zero-order valence-corrected chi connectivity index (χ0v) is 13.6. The van der Waals surface area contributed by atoms with Crippen LogP contribution in [0.2, 0.25) is 0 Å². The summed E-state index contributed by atoms with van der Waals surface area (Å²) in [5.41, 5.74) is 7.24. The number of thiazole rings is 1. The standard InChI is InChI=1S/C15H19N3OS.ClH/c1-18(10-8-12-5-3-2-4-6-12)15(19)13-11-20-14(17-13)7-9-16;/h2-6,11H,7-10,16H2,1H3;1H. The molecule has 1 amide bonds. The van der Waals surface area contributed by atoms with Gasteiger partial charge in [-0.3, -0.25) is 4.79 Å². The highest BCUT2D eigenvalue weighted by Gasteiger charge is 2.15. The summed E-state index contributed by atoms with van der Waals surface area (Å²) in [6.45, 7) is 1.25. The Bertz CT molecular complexity index is 559. The lowest BCUT2D eigenvalue weighted by molar-refractivity contribution is 0.0791. The van der Waals surface area contributed by atoms with Crippen molar-refractivity contribution in [3.05, 3.63) is 52.0 Å². The number of halogens is 1. The molecule has 2 N–H and O–H groups in total. The molecule has 1 aromatic heterocycles. The van der Waals surface area contributed by atoms with Crippen molar-refractivity contribution in [1.82, 2.24) is 9.88 Å². The van der Waals surface area contributed by atoms with E-state index in [0.717, 1.165) is 17.8 Å². The highest BCUT2D eigenvalue weighted by Crippen LogP contribution is 2.12. The van der Waals surface area contributed by atoms with Crippen LogP contribution in [0.25, 0.3) is 0 Å². The van der Waals surface area contributed by atoms with Gasteiger partial charge in [-0.15, -0.1) is 23.7 Å². The summed E-state index contributed by atoms with van der Waals surface area (Å²) in [6, 6.07) is 10.2. The number of hydrogen-bond donors (Lipinski definition) is 1. The number of benzene rings is 1. The van der Waals surface area contributed by atoms with Crippen molar-refractivity contribution in [2.24, 2.45) is 5.73 Å². The first-order valence-electron chi connectivity index (χ1n) is 6.64. The highest BCUT2D eigenvalue weighted by atomic mass is 35.5. The third kappa shape index (κ3) is 5.12. The molecular formula is C15H20ClN3OS. The molecule has 1 aromatic carbocycles. The maximum absolute atomic E-state index is 12.2. The second-order valence-electron chi connectivity index (χ2n) is 4.63. The van der Waals surface area contributed by atoms with Crippen molar-refractivity contribution >= 4 is 29.7 Å². The lowest BCUT2D eigenvalue weighted by atomic mass is 10.1. The van der Waals surface area contributed by atoms with E-state index in [2.05, 4.69) is 17.1 Å². The van der Waals surface area contributed by atoms with E-state index >= 15 is 0 Å². The Balaban J connectivity index is 0.00000220. The molecule has 21 heavy (non-hydrogen) atoms. The van der Waals surface area contributed by atoms with E-state index in [0.29, 0.717) is 18.8 Å². The smallest absolute Gasteiger partial charge is 0.273 e. The molecular weight excluding hydrogens is 306 g/mol. The van der Waals surface area contributed by atoms with Crippen LogP contribution in [0.1, 0.15) is 21.1 Å². The molecule has 0 aliphatic heterocycles. The first-order valence-corrected chi connectivity index (χ1v) is 7.52. The van der Waals surface area contributed by atoms with Crippen molar-refractivity contribution in [3.8, 4) is 0 Å². The molecule has 2 rings (SSSR count). The normalized spacial score (nSPS) is 10.0. The van der Waals surface area contributed by atoms with Gasteiger partial charge >= 0.3 is 0 Å². The van der Waals surface area contributed by atoms with Gasteiger partial charge in [0.05, 0.1) is 5.01 Å². The number of rotatable bonds is 6. The Morgan fingerprint density at radius 1 is 1.29 bits per heavy atom. The first kappa shape index (κ1) is 17.6. The second-order valence-corrected chi connectivity index (χ2v) is 5.57. The molecule has 0 unspecified atom stereocenters. The van der Waals surface area contributed by atoms with E-state index in [1.807, 2.05) is 30.6 Å². The van der Waals surface area contributed by atoms with Crippen LogP contribution < -0.4 is 5.73 Å². The van der Waals surface area contributed by atoms with Crippen LogP contribution in [0.15, 0.2) is 35.7 Å².